The minimum absolute atomic E-state index is 0.0190. The van der Waals surface area contributed by atoms with Gasteiger partial charge in [0.25, 0.3) is 0 Å². The molecule has 39 heavy (non-hydrogen) atoms. The van der Waals surface area contributed by atoms with Crippen molar-refractivity contribution in [3.63, 3.8) is 0 Å². The molecule has 1 spiro atoms. The van der Waals surface area contributed by atoms with Crippen LogP contribution in [0.2, 0.25) is 0 Å². The summed E-state index contributed by atoms with van der Waals surface area (Å²) in [5.74, 6) is -0.177. The van der Waals surface area contributed by atoms with Gasteiger partial charge in [0.05, 0.1) is 0 Å². The summed E-state index contributed by atoms with van der Waals surface area (Å²) in [5.41, 5.74) is -0.413. The molecular formula is C28H38IN2O7S-. The first-order valence-corrected chi connectivity index (χ1v) is 17.1. The van der Waals surface area contributed by atoms with Gasteiger partial charge in [-0.15, -0.1) is 0 Å². The zero-order valence-corrected chi connectivity index (χ0v) is 25.3. The number of halogens is 1. The molecule has 1 saturated heterocycles. The monoisotopic (exact) mass is 673 g/mol. The summed E-state index contributed by atoms with van der Waals surface area (Å²) < 4.78 is 40.4. The van der Waals surface area contributed by atoms with Crippen molar-refractivity contribution < 1.29 is 54.1 Å². The number of nitrogens with zero attached hydrogens (tertiary/aromatic N) is 1. The third kappa shape index (κ3) is 7.63. The second-order valence-electron chi connectivity index (χ2n) is 10.5. The third-order valence-electron chi connectivity index (χ3n) is 7.02. The molecule has 3 N–H and O–H groups in total. The van der Waals surface area contributed by atoms with E-state index in [1.165, 1.54) is 28.6 Å². The molecule has 4 rings (SSSR count). The summed E-state index contributed by atoms with van der Waals surface area (Å²) in [6.07, 6.45) is 2.20. The van der Waals surface area contributed by atoms with Gasteiger partial charge < -0.3 is 0 Å². The number of rotatable bonds is 11. The number of phenols is 1. The van der Waals surface area contributed by atoms with Crippen molar-refractivity contribution in [1.82, 2.24) is 9.62 Å². The summed E-state index contributed by atoms with van der Waals surface area (Å²) in [7, 11) is -4.02. The van der Waals surface area contributed by atoms with Crippen molar-refractivity contribution in [2.75, 3.05) is 19.7 Å². The minimum atomic E-state index is -4.02. The van der Waals surface area contributed by atoms with Gasteiger partial charge >= 0.3 is 242 Å². The number of aliphatic hydroxyl groups excluding tert-OH is 1. The van der Waals surface area contributed by atoms with E-state index >= 15 is 0 Å². The van der Waals surface area contributed by atoms with Gasteiger partial charge in [-0.25, -0.2) is 0 Å². The van der Waals surface area contributed by atoms with Crippen LogP contribution in [-0.4, -0.2) is 70.6 Å². The van der Waals surface area contributed by atoms with Crippen LogP contribution in [0, 0.1) is 9.49 Å². The standard InChI is InChI=1S/C28H38IN2O7S/c1-20(2)18-31(39(35,36)23-12-6-11-22(32)17-23)19-24(33)26(29-21-9-4-3-5-10-21)30-27(34)38-25-13-7-14-28(25)15-8-16-37-28/h3-6,9-12,17,20,24-26,32-33H,7-8,13-16,18-19H2,1-2H3,(H,30,34)/q-1/t24-,25?,26-,28?/m1/s1. The van der Waals surface area contributed by atoms with Gasteiger partial charge in [-0.3, -0.25) is 0 Å². The number of benzene rings is 2. The topological polar surface area (TPSA) is 125 Å². The number of hydrogen-bond donors (Lipinski definition) is 3. The average molecular weight is 674 g/mol. The molecule has 0 bridgehead atoms. The number of carbonyl (C=O) groups excluding carboxylic acids is 1. The number of ether oxygens (including phenoxy) is 2. The fourth-order valence-electron chi connectivity index (χ4n) is 5.21. The van der Waals surface area contributed by atoms with Gasteiger partial charge in [0, 0.05) is 0 Å². The van der Waals surface area contributed by atoms with Crippen LogP contribution in [-0.2, 0) is 19.5 Å². The summed E-state index contributed by atoms with van der Waals surface area (Å²) in [6.45, 7) is 4.40. The van der Waals surface area contributed by atoms with Crippen LogP contribution >= 0.6 is 0 Å². The Morgan fingerprint density at radius 2 is 1.90 bits per heavy atom. The Kier molecular flexibility index (Phi) is 10.1. The Bertz CT molecular complexity index is 1200. The van der Waals surface area contributed by atoms with E-state index in [0.717, 1.165) is 35.7 Å². The number of carbonyl (C=O) groups is 1. The molecule has 0 radical (unpaired) electrons. The number of sulfonamides is 1. The number of alkyl halides is 1. The molecule has 11 heteroatoms. The number of aromatic hydroxyl groups is 1. The van der Waals surface area contributed by atoms with Crippen molar-refractivity contribution in [3.8, 4) is 5.75 Å². The summed E-state index contributed by atoms with van der Waals surface area (Å²) in [4.78, 5) is 13.1. The number of alkyl carbamates (subject to hydrolysis) is 1. The molecule has 1 heterocycles. The summed E-state index contributed by atoms with van der Waals surface area (Å²) >= 11 is -0.957. The first-order valence-electron chi connectivity index (χ1n) is 13.4. The van der Waals surface area contributed by atoms with E-state index in [-0.39, 0.29) is 35.8 Å². The van der Waals surface area contributed by atoms with Crippen LogP contribution in [0.4, 0.5) is 4.79 Å². The first kappa shape index (κ1) is 30.0. The fourth-order valence-corrected chi connectivity index (χ4v) is 9.53. The van der Waals surface area contributed by atoms with E-state index in [1.807, 2.05) is 44.2 Å². The molecule has 1 aliphatic carbocycles. The molecule has 2 aliphatic rings. The van der Waals surface area contributed by atoms with E-state index in [4.69, 9.17) is 9.47 Å². The Hall–Kier alpha value is -1.93. The van der Waals surface area contributed by atoms with E-state index in [0.29, 0.717) is 6.61 Å². The molecule has 0 aromatic heterocycles. The van der Waals surface area contributed by atoms with Gasteiger partial charge in [0.15, 0.2) is 0 Å². The zero-order valence-electron chi connectivity index (χ0n) is 22.3. The number of amides is 1. The summed E-state index contributed by atoms with van der Waals surface area (Å²) in [6, 6.07) is 15.1. The fraction of sp³-hybridized carbons (Fsp3) is 0.536. The van der Waals surface area contributed by atoms with E-state index < -0.39 is 53.1 Å². The van der Waals surface area contributed by atoms with Crippen LogP contribution in [0.25, 0.3) is 0 Å². The molecule has 9 nitrogen and oxygen atoms in total. The Morgan fingerprint density at radius 1 is 1.15 bits per heavy atom. The number of phenolic OH excluding ortho intramolecular Hbond substituents is 1. The maximum atomic E-state index is 13.5. The van der Waals surface area contributed by atoms with Crippen molar-refractivity contribution in [2.45, 2.75) is 72.7 Å². The van der Waals surface area contributed by atoms with Crippen molar-refractivity contribution in [2.24, 2.45) is 5.92 Å². The number of aliphatic hydroxyl groups is 1. The average Bonchev–Trinajstić information content (AvgIpc) is 3.53. The first-order chi connectivity index (χ1) is 18.6. The van der Waals surface area contributed by atoms with Crippen molar-refractivity contribution in [1.29, 1.82) is 0 Å². The molecule has 1 saturated carbocycles. The molecule has 2 unspecified atom stereocenters. The normalized spacial score (nSPS) is 22.9. The van der Waals surface area contributed by atoms with Gasteiger partial charge in [-0.05, 0) is 0 Å². The molecule has 2 aromatic rings. The second kappa shape index (κ2) is 13.2. The SMILES string of the molecule is CC(C)CN(C[C@@H](O)[C@@H](NC(=O)OC1CCCC12CCCO2)[I-]c1ccccc1)S(=O)(=O)c1cccc(O)c1. The van der Waals surface area contributed by atoms with Gasteiger partial charge in [-0.2, -0.15) is 0 Å². The van der Waals surface area contributed by atoms with Gasteiger partial charge in [-0.1, -0.05) is 0 Å². The Labute approximate surface area is 241 Å². The molecule has 1 aliphatic heterocycles. The van der Waals surface area contributed by atoms with Crippen LogP contribution in [0.15, 0.2) is 59.5 Å². The number of hydrogen-bond acceptors (Lipinski definition) is 7. The predicted molar refractivity (Wildman–Crippen MR) is 142 cm³/mol. The van der Waals surface area contributed by atoms with E-state index in [9.17, 15) is 23.4 Å². The van der Waals surface area contributed by atoms with Crippen molar-refractivity contribution in [3.05, 3.63) is 58.2 Å². The van der Waals surface area contributed by atoms with Crippen LogP contribution in [0.5, 0.6) is 5.75 Å². The van der Waals surface area contributed by atoms with Gasteiger partial charge in [0.2, 0.25) is 0 Å². The zero-order chi connectivity index (χ0) is 28.0. The predicted octanol–water partition coefficient (Wildman–Crippen LogP) is 0.513. The van der Waals surface area contributed by atoms with Gasteiger partial charge in [0.1, 0.15) is 0 Å². The van der Waals surface area contributed by atoms with Crippen LogP contribution in [0.3, 0.4) is 0 Å². The third-order valence-corrected chi connectivity index (χ3v) is 12.1. The second-order valence-corrected chi connectivity index (χ2v) is 15.7. The number of nitrogens with one attached hydrogen (secondary N) is 1. The molecule has 216 valence electrons. The van der Waals surface area contributed by atoms with E-state index in [1.54, 1.807) is 0 Å². The van der Waals surface area contributed by atoms with Crippen LogP contribution in [0.1, 0.15) is 46.0 Å². The van der Waals surface area contributed by atoms with Crippen molar-refractivity contribution >= 4 is 16.1 Å². The van der Waals surface area contributed by atoms with Crippen LogP contribution < -0.4 is 26.5 Å². The molecular weight excluding hydrogens is 635 g/mol. The Morgan fingerprint density at radius 3 is 2.56 bits per heavy atom. The molecule has 2 aromatic carbocycles. The molecule has 1 amide bonds. The Balaban J connectivity index is 1.53. The molecule has 2 fully saturated rings. The quantitative estimate of drug-likeness (QED) is 0.181. The van der Waals surface area contributed by atoms with E-state index in [2.05, 4.69) is 5.32 Å². The summed E-state index contributed by atoms with van der Waals surface area (Å²) in [5, 5.41) is 24.2. The molecule has 4 atom stereocenters. The maximum absolute atomic E-state index is 13.5.